The Balaban J connectivity index is 1.67. The van der Waals surface area contributed by atoms with Crippen LogP contribution < -0.4 is 10.6 Å². The van der Waals surface area contributed by atoms with E-state index < -0.39 is 0 Å². The first-order chi connectivity index (χ1) is 9.16. The normalized spacial score (nSPS) is 13.5. The first kappa shape index (κ1) is 14.5. The van der Waals surface area contributed by atoms with Crippen LogP contribution >= 0.6 is 11.3 Å². The summed E-state index contributed by atoms with van der Waals surface area (Å²) in [5.74, 6) is 0.715. The van der Waals surface area contributed by atoms with Crippen molar-refractivity contribution in [2.75, 3.05) is 19.6 Å². The number of nitrogens with one attached hydrogen (secondary N) is 2. The SMILES string of the molecule is CC(C)CNCC(C)NCCc1csc2nccn12. The lowest BCUT2D eigenvalue weighted by Crippen LogP contribution is -2.38. The minimum atomic E-state index is 0.510. The van der Waals surface area contributed by atoms with Crippen molar-refractivity contribution < 1.29 is 0 Å². The lowest BCUT2D eigenvalue weighted by Gasteiger charge is -2.15. The van der Waals surface area contributed by atoms with Crippen molar-refractivity contribution >= 4 is 16.3 Å². The highest BCUT2D eigenvalue weighted by Gasteiger charge is 2.05. The van der Waals surface area contributed by atoms with Gasteiger partial charge in [-0.2, -0.15) is 0 Å². The number of fused-ring (bicyclic) bond motifs is 1. The molecular weight excluding hydrogens is 256 g/mol. The van der Waals surface area contributed by atoms with E-state index in [4.69, 9.17) is 0 Å². The maximum Gasteiger partial charge on any atom is 0.193 e. The minimum Gasteiger partial charge on any atom is -0.315 e. The Morgan fingerprint density at radius 2 is 2.16 bits per heavy atom. The van der Waals surface area contributed by atoms with Gasteiger partial charge in [0.1, 0.15) is 0 Å². The van der Waals surface area contributed by atoms with Crippen LogP contribution in [0.1, 0.15) is 26.5 Å². The zero-order chi connectivity index (χ0) is 13.7. The zero-order valence-corrected chi connectivity index (χ0v) is 12.8. The molecule has 2 heterocycles. The van der Waals surface area contributed by atoms with E-state index in [1.54, 1.807) is 11.3 Å². The van der Waals surface area contributed by atoms with Gasteiger partial charge in [-0.1, -0.05) is 13.8 Å². The van der Waals surface area contributed by atoms with Crippen molar-refractivity contribution in [1.29, 1.82) is 0 Å². The van der Waals surface area contributed by atoms with Gasteiger partial charge in [-0.3, -0.25) is 4.40 Å². The van der Waals surface area contributed by atoms with Gasteiger partial charge < -0.3 is 10.6 Å². The standard InChI is InChI=1S/C14H24N4S/c1-11(2)8-15-9-12(3)16-5-4-13-10-19-14-17-6-7-18(13)14/h6-7,10-12,15-16H,4-5,8-9H2,1-3H3. The molecule has 19 heavy (non-hydrogen) atoms. The highest BCUT2D eigenvalue weighted by atomic mass is 32.1. The average Bonchev–Trinajstić information content (AvgIpc) is 2.93. The number of nitrogens with zero attached hydrogens (tertiary/aromatic N) is 2. The van der Waals surface area contributed by atoms with E-state index in [2.05, 4.69) is 46.2 Å². The van der Waals surface area contributed by atoms with Crippen molar-refractivity contribution in [1.82, 2.24) is 20.0 Å². The fraction of sp³-hybridized carbons (Fsp3) is 0.643. The summed E-state index contributed by atoms with van der Waals surface area (Å²) in [4.78, 5) is 5.38. The van der Waals surface area contributed by atoms with Crippen LogP contribution in [-0.4, -0.2) is 35.1 Å². The van der Waals surface area contributed by atoms with Gasteiger partial charge in [0.25, 0.3) is 0 Å². The van der Waals surface area contributed by atoms with E-state index in [9.17, 15) is 0 Å². The molecule has 4 nitrogen and oxygen atoms in total. The molecule has 0 aliphatic heterocycles. The predicted octanol–water partition coefficient (Wildman–Crippen LogP) is 2.16. The Morgan fingerprint density at radius 1 is 1.32 bits per heavy atom. The number of imidazole rings is 1. The Kier molecular flexibility index (Phi) is 5.36. The first-order valence-electron chi connectivity index (χ1n) is 7.00. The summed E-state index contributed by atoms with van der Waals surface area (Å²) >= 11 is 1.71. The Bertz CT molecular complexity index is 488. The third-order valence-corrected chi connectivity index (χ3v) is 4.00. The summed E-state index contributed by atoms with van der Waals surface area (Å²) in [6, 6.07) is 0.510. The molecule has 0 aliphatic rings. The first-order valence-corrected chi connectivity index (χ1v) is 7.88. The lowest BCUT2D eigenvalue weighted by molar-refractivity contribution is 0.474. The van der Waals surface area contributed by atoms with Crippen LogP contribution in [0, 0.1) is 5.92 Å². The second-order valence-corrected chi connectivity index (χ2v) is 6.30. The van der Waals surface area contributed by atoms with Crippen LogP contribution in [-0.2, 0) is 6.42 Å². The minimum absolute atomic E-state index is 0.510. The van der Waals surface area contributed by atoms with Crippen LogP contribution in [0.2, 0.25) is 0 Å². The summed E-state index contributed by atoms with van der Waals surface area (Å²) in [6.07, 6.45) is 4.95. The van der Waals surface area contributed by atoms with Gasteiger partial charge in [0.2, 0.25) is 0 Å². The topological polar surface area (TPSA) is 41.4 Å². The molecule has 2 aromatic heterocycles. The van der Waals surface area contributed by atoms with Gasteiger partial charge in [0.15, 0.2) is 4.96 Å². The summed E-state index contributed by atoms with van der Waals surface area (Å²) in [5.41, 5.74) is 1.34. The van der Waals surface area contributed by atoms with Gasteiger partial charge in [-0.05, 0) is 19.4 Å². The van der Waals surface area contributed by atoms with E-state index in [0.717, 1.165) is 31.0 Å². The molecule has 0 saturated heterocycles. The van der Waals surface area contributed by atoms with Crippen molar-refractivity contribution in [3.8, 4) is 0 Å². The molecule has 0 aromatic carbocycles. The Labute approximate surface area is 119 Å². The molecule has 2 N–H and O–H groups in total. The van der Waals surface area contributed by atoms with E-state index in [-0.39, 0.29) is 0 Å². The second kappa shape index (κ2) is 7.03. The predicted molar refractivity (Wildman–Crippen MR) is 81.9 cm³/mol. The largest absolute Gasteiger partial charge is 0.315 e. The van der Waals surface area contributed by atoms with E-state index >= 15 is 0 Å². The molecule has 0 spiro atoms. The van der Waals surface area contributed by atoms with Crippen molar-refractivity contribution in [3.63, 3.8) is 0 Å². The van der Waals surface area contributed by atoms with Gasteiger partial charge in [-0.25, -0.2) is 4.98 Å². The van der Waals surface area contributed by atoms with Crippen LogP contribution in [0.4, 0.5) is 0 Å². The van der Waals surface area contributed by atoms with Gasteiger partial charge in [0.05, 0.1) is 0 Å². The molecular formula is C14H24N4S. The molecule has 0 amide bonds. The van der Waals surface area contributed by atoms with Crippen LogP contribution in [0.15, 0.2) is 17.8 Å². The van der Waals surface area contributed by atoms with E-state index in [1.807, 2.05) is 12.4 Å². The molecule has 0 aliphatic carbocycles. The smallest absolute Gasteiger partial charge is 0.193 e. The zero-order valence-electron chi connectivity index (χ0n) is 12.0. The summed E-state index contributed by atoms with van der Waals surface area (Å²) in [5, 5.41) is 9.24. The van der Waals surface area contributed by atoms with Gasteiger partial charge in [-0.15, -0.1) is 11.3 Å². The van der Waals surface area contributed by atoms with Gasteiger partial charge in [0, 0.05) is 49.0 Å². The highest BCUT2D eigenvalue weighted by Crippen LogP contribution is 2.14. The molecule has 2 rings (SSSR count). The van der Waals surface area contributed by atoms with Crippen LogP contribution in [0.3, 0.4) is 0 Å². The summed E-state index contributed by atoms with van der Waals surface area (Å²) in [7, 11) is 0. The molecule has 0 radical (unpaired) electrons. The van der Waals surface area contributed by atoms with Crippen molar-refractivity contribution in [2.24, 2.45) is 5.92 Å². The molecule has 0 bridgehead atoms. The van der Waals surface area contributed by atoms with E-state index in [1.165, 1.54) is 5.69 Å². The molecule has 106 valence electrons. The molecule has 0 saturated carbocycles. The monoisotopic (exact) mass is 280 g/mol. The maximum absolute atomic E-state index is 4.29. The number of aromatic nitrogens is 2. The Morgan fingerprint density at radius 3 is 2.95 bits per heavy atom. The van der Waals surface area contributed by atoms with Crippen molar-refractivity contribution in [3.05, 3.63) is 23.5 Å². The molecule has 5 heteroatoms. The number of hydrogen-bond donors (Lipinski definition) is 2. The number of rotatable bonds is 8. The molecule has 1 atom stereocenters. The fourth-order valence-corrected chi connectivity index (χ4v) is 2.95. The lowest BCUT2D eigenvalue weighted by atomic mass is 10.2. The molecule has 0 fully saturated rings. The summed E-state index contributed by atoms with van der Waals surface area (Å²) < 4.78 is 2.17. The van der Waals surface area contributed by atoms with Crippen molar-refractivity contribution in [2.45, 2.75) is 33.2 Å². The highest BCUT2D eigenvalue weighted by molar-refractivity contribution is 7.15. The van der Waals surface area contributed by atoms with Crippen LogP contribution in [0.25, 0.3) is 4.96 Å². The quantitative estimate of drug-likeness (QED) is 0.778. The third-order valence-electron chi connectivity index (χ3n) is 3.09. The van der Waals surface area contributed by atoms with E-state index in [0.29, 0.717) is 12.0 Å². The fourth-order valence-electron chi connectivity index (χ4n) is 2.06. The molecule has 2 aromatic rings. The maximum atomic E-state index is 4.29. The summed E-state index contributed by atoms with van der Waals surface area (Å²) in [6.45, 7) is 9.83. The molecule has 1 unspecified atom stereocenters. The number of hydrogen-bond acceptors (Lipinski definition) is 4. The second-order valence-electron chi connectivity index (χ2n) is 5.46. The number of thiazole rings is 1. The Hall–Kier alpha value is -0.910. The third kappa shape index (κ3) is 4.30. The van der Waals surface area contributed by atoms with Crippen LogP contribution in [0.5, 0.6) is 0 Å². The van der Waals surface area contributed by atoms with Gasteiger partial charge >= 0.3 is 0 Å². The average molecular weight is 280 g/mol.